The number of hydrogen-bond acceptors (Lipinski definition) is 3. The van der Waals surface area contributed by atoms with E-state index in [1.807, 2.05) is 13.1 Å². The zero-order valence-corrected chi connectivity index (χ0v) is 11.4. The molecule has 0 radical (unpaired) electrons. The smallest absolute Gasteiger partial charge is 0.337 e. The average Bonchev–Trinajstić information content (AvgIpc) is 2.39. The highest BCUT2D eigenvalue weighted by Gasteiger charge is 2.18. The van der Waals surface area contributed by atoms with Gasteiger partial charge in [0.2, 0.25) is 0 Å². The summed E-state index contributed by atoms with van der Waals surface area (Å²) in [6.45, 7) is 0.952. The Morgan fingerprint density at radius 2 is 2.05 bits per heavy atom. The maximum Gasteiger partial charge on any atom is 0.337 e. The van der Waals surface area contributed by atoms with Crippen LogP contribution in [0.1, 0.15) is 42.5 Å². The van der Waals surface area contributed by atoms with Gasteiger partial charge in [-0.25, -0.2) is 4.79 Å². The van der Waals surface area contributed by atoms with E-state index in [2.05, 4.69) is 4.90 Å². The van der Waals surface area contributed by atoms with Crippen molar-refractivity contribution < 1.29 is 9.90 Å². The summed E-state index contributed by atoms with van der Waals surface area (Å²) in [5.41, 5.74) is 7.35. The maximum atomic E-state index is 11.1. The quantitative estimate of drug-likeness (QED) is 0.819. The zero-order chi connectivity index (χ0) is 13.8. The number of nitrogens with zero attached hydrogens (tertiary/aromatic N) is 1. The fourth-order valence-corrected chi connectivity index (χ4v) is 2.93. The molecule has 2 rings (SSSR count). The third kappa shape index (κ3) is 3.19. The first-order valence-corrected chi connectivity index (χ1v) is 6.92. The lowest BCUT2D eigenvalue weighted by molar-refractivity contribution is 0.0698. The van der Waals surface area contributed by atoms with Crippen molar-refractivity contribution in [2.24, 2.45) is 5.92 Å². The number of rotatable bonds is 4. The van der Waals surface area contributed by atoms with E-state index in [4.69, 9.17) is 10.8 Å². The summed E-state index contributed by atoms with van der Waals surface area (Å²) >= 11 is 0. The van der Waals surface area contributed by atoms with Gasteiger partial charge in [0.1, 0.15) is 0 Å². The number of nitrogen functional groups attached to an aromatic ring is 1. The van der Waals surface area contributed by atoms with Crippen molar-refractivity contribution in [3.05, 3.63) is 23.8 Å². The number of nitrogens with two attached hydrogens (primary N) is 1. The molecule has 1 aliphatic carbocycles. The highest BCUT2D eigenvalue weighted by atomic mass is 16.4. The molecule has 0 bridgehead atoms. The molecule has 104 valence electrons. The molecule has 1 aromatic rings. The first-order chi connectivity index (χ1) is 9.09. The molecule has 0 aliphatic heterocycles. The van der Waals surface area contributed by atoms with Crippen LogP contribution in [0, 0.1) is 5.92 Å². The number of para-hydroxylation sites is 1. The van der Waals surface area contributed by atoms with Crippen LogP contribution in [0.4, 0.5) is 11.4 Å². The Balaban J connectivity index is 2.12. The van der Waals surface area contributed by atoms with Crippen molar-refractivity contribution in [3.63, 3.8) is 0 Å². The van der Waals surface area contributed by atoms with Gasteiger partial charge in [-0.05, 0) is 30.9 Å². The van der Waals surface area contributed by atoms with Gasteiger partial charge in [-0.2, -0.15) is 0 Å². The van der Waals surface area contributed by atoms with Crippen LogP contribution in [0.2, 0.25) is 0 Å². The Labute approximate surface area is 114 Å². The lowest BCUT2D eigenvalue weighted by Gasteiger charge is -2.29. The summed E-state index contributed by atoms with van der Waals surface area (Å²) < 4.78 is 0. The predicted octanol–water partition coefficient (Wildman–Crippen LogP) is 2.98. The largest absolute Gasteiger partial charge is 0.478 e. The molecule has 0 saturated heterocycles. The fraction of sp³-hybridized carbons (Fsp3) is 0.533. The first kappa shape index (κ1) is 13.7. The second-order valence-electron chi connectivity index (χ2n) is 5.43. The van der Waals surface area contributed by atoms with E-state index in [1.165, 1.54) is 32.1 Å². The first-order valence-electron chi connectivity index (χ1n) is 6.92. The van der Waals surface area contributed by atoms with E-state index >= 15 is 0 Å². The molecule has 0 aromatic heterocycles. The molecule has 0 amide bonds. The number of carboxylic acids is 1. The summed E-state index contributed by atoms with van der Waals surface area (Å²) in [6.07, 6.45) is 6.49. The van der Waals surface area contributed by atoms with Crippen molar-refractivity contribution in [3.8, 4) is 0 Å². The van der Waals surface area contributed by atoms with Crippen LogP contribution < -0.4 is 10.6 Å². The number of aromatic carboxylic acids is 1. The van der Waals surface area contributed by atoms with E-state index < -0.39 is 5.97 Å². The third-order valence-electron chi connectivity index (χ3n) is 3.98. The Morgan fingerprint density at radius 1 is 1.37 bits per heavy atom. The van der Waals surface area contributed by atoms with Crippen LogP contribution in [0.25, 0.3) is 0 Å². The van der Waals surface area contributed by atoms with Gasteiger partial charge in [0, 0.05) is 13.6 Å². The molecule has 4 heteroatoms. The van der Waals surface area contributed by atoms with Crippen LogP contribution in [0.5, 0.6) is 0 Å². The van der Waals surface area contributed by atoms with Crippen LogP contribution >= 0.6 is 0 Å². The molecule has 1 aromatic carbocycles. The topological polar surface area (TPSA) is 66.6 Å². The Morgan fingerprint density at radius 3 is 2.68 bits per heavy atom. The predicted molar refractivity (Wildman–Crippen MR) is 77.7 cm³/mol. The van der Waals surface area contributed by atoms with Crippen molar-refractivity contribution in [1.82, 2.24) is 0 Å². The normalized spacial score (nSPS) is 16.3. The lowest BCUT2D eigenvalue weighted by atomic mass is 9.89. The van der Waals surface area contributed by atoms with Gasteiger partial charge in [0.25, 0.3) is 0 Å². The standard InChI is InChI=1S/C15H22N2O2/c1-17(10-11-6-3-2-4-7-11)13-9-5-8-12(14(13)16)15(18)19/h5,8-9,11H,2-4,6-7,10,16H2,1H3,(H,18,19). The van der Waals surface area contributed by atoms with Crippen molar-refractivity contribution >= 4 is 17.3 Å². The molecule has 1 saturated carbocycles. The molecule has 19 heavy (non-hydrogen) atoms. The Hall–Kier alpha value is -1.71. The SMILES string of the molecule is CN(CC1CCCCC1)c1cccc(C(=O)O)c1N. The van der Waals surface area contributed by atoms with Gasteiger partial charge in [0.15, 0.2) is 0 Å². The third-order valence-corrected chi connectivity index (χ3v) is 3.98. The van der Waals surface area contributed by atoms with Gasteiger partial charge >= 0.3 is 5.97 Å². The Kier molecular flexibility index (Phi) is 4.30. The van der Waals surface area contributed by atoms with Crippen molar-refractivity contribution in [2.75, 3.05) is 24.2 Å². The van der Waals surface area contributed by atoms with Crippen molar-refractivity contribution in [2.45, 2.75) is 32.1 Å². The highest BCUT2D eigenvalue weighted by Crippen LogP contribution is 2.29. The highest BCUT2D eigenvalue weighted by molar-refractivity contribution is 5.97. The number of hydrogen-bond donors (Lipinski definition) is 2. The van der Waals surface area contributed by atoms with Crippen LogP contribution in [-0.4, -0.2) is 24.7 Å². The molecule has 4 nitrogen and oxygen atoms in total. The number of benzene rings is 1. The minimum absolute atomic E-state index is 0.188. The van der Waals surface area contributed by atoms with Crippen LogP contribution in [-0.2, 0) is 0 Å². The number of carbonyl (C=O) groups is 1. The molecule has 1 fully saturated rings. The summed E-state index contributed by atoms with van der Waals surface area (Å²) in [7, 11) is 1.99. The average molecular weight is 262 g/mol. The minimum atomic E-state index is -0.967. The molecule has 1 aliphatic rings. The molecule has 0 unspecified atom stereocenters. The van der Waals surface area contributed by atoms with E-state index in [0.717, 1.165) is 12.2 Å². The van der Waals surface area contributed by atoms with Crippen LogP contribution in [0.3, 0.4) is 0 Å². The van der Waals surface area contributed by atoms with Crippen molar-refractivity contribution in [1.29, 1.82) is 0 Å². The molecular formula is C15H22N2O2. The van der Waals surface area contributed by atoms with Gasteiger partial charge < -0.3 is 15.7 Å². The van der Waals surface area contributed by atoms with Gasteiger partial charge in [-0.15, -0.1) is 0 Å². The maximum absolute atomic E-state index is 11.1. The van der Waals surface area contributed by atoms with Crippen LogP contribution in [0.15, 0.2) is 18.2 Å². The summed E-state index contributed by atoms with van der Waals surface area (Å²) in [5, 5.41) is 9.09. The molecule has 3 N–H and O–H groups in total. The molecule has 0 spiro atoms. The molecule has 0 heterocycles. The Bertz CT molecular complexity index is 453. The second-order valence-corrected chi connectivity index (χ2v) is 5.43. The number of anilines is 2. The zero-order valence-electron chi connectivity index (χ0n) is 11.4. The molecular weight excluding hydrogens is 240 g/mol. The number of carboxylic acid groups (broad SMARTS) is 1. The van der Waals surface area contributed by atoms with Gasteiger partial charge in [-0.1, -0.05) is 25.3 Å². The van der Waals surface area contributed by atoms with E-state index in [0.29, 0.717) is 11.6 Å². The monoisotopic (exact) mass is 262 g/mol. The van der Waals surface area contributed by atoms with Gasteiger partial charge in [-0.3, -0.25) is 0 Å². The van der Waals surface area contributed by atoms with Gasteiger partial charge in [0.05, 0.1) is 16.9 Å². The minimum Gasteiger partial charge on any atom is -0.478 e. The summed E-state index contributed by atoms with van der Waals surface area (Å²) in [5.74, 6) is -0.267. The fourth-order valence-electron chi connectivity index (χ4n) is 2.93. The lowest BCUT2D eigenvalue weighted by Crippen LogP contribution is -2.27. The molecule has 0 atom stereocenters. The van der Waals surface area contributed by atoms with E-state index in [1.54, 1.807) is 12.1 Å². The summed E-state index contributed by atoms with van der Waals surface area (Å²) in [6, 6.07) is 5.20. The summed E-state index contributed by atoms with van der Waals surface area (Å²) in [4.78, 5) is 13.2. The van der Waals surface area contributed by atoms with E-state index in [9.17, 15) is 4.79 Å². The second kappa shape index (κ2) is 5.95. The van der Waals surface area contributed by atoms with E-state index in [-0.39, 0.29) is 5.56 Å².